The van der Waals surface area contributed by atoms with Gasteiger partial charge in [0, 0.05) is 11.6 Å². The van der Waals surface area contributed by atoms with Crippen LogP contribution >= 0.6 is 35.0 Å². The number of thioether (sulfide) groups is 1. The molecule has 1 aliphatic heterocycles. The summed E-state index contributed by atoms with van der Waals surface area (Å²) in [6, 6.07) is 8.88. The highest BCUT2D eigenvalue weighted by Gasteiger charge is 2.45. The Morgan fingerprint density at radius 2 is 1.87 bits per heavy atom. The van der Waals surface area contributed by atoms with Crippen LogP contribution in [0.15, 0.2) is 47.0 Å². The molecule has 2 aromatic carbocycles. The van der Waals surface area contributed by atoms with Crippen molar-refractivity contribution in [1.29, 1.82) is 5.26 Å². The zero-order valence-corrected chi connectivity index (χ0v) is 22.6. The highest BCUT2D eigenvalue weighted by atomic mass is 35.5. The molecule has 1 aliphatic rings. The lowest BCUT2D eigenvalue weighted by Crippen LogP contribution is -2.44. The van der Waals surface area contributed by atoms with Gasteiger partial charge in [-0.3, -0.25) is 14.4 Å². The molecular weight excluding hydrogens is 582 g/mol. The van der Waals surface area contributed by atoms with Crippen molar-refractivity contribution < 1.29 is 37.0 Å². The maximum absolute atomic E-state index is 13.0. The van der Waals surface area contributed by atoms with Gasteiger partial charge in [-0.15, -0.1) is 0 Å². The standard InChI is InChI=1S/C25H20Cl2F3N3O5S/c1-3-38-21-16(26)7-12(8-17(21)27)19-15(10-31)23(33-22(35)20(19)24(36)37-2)39-11-18(34)32-14-6-4-5-13(9-14)25(28,29)30/h4-9,19-20H,3,11H2,1-2H3,(H,32,34)(H,33,35)/t19-,20-/m0/s1. The number of methoxy groups -OCH3 is 1. The van der Waals surface area contributed by atoms with Crippen molar-refractivity contribution in [3.05, 3.63) is 68.2 Å². The first kappa shape index (κ1) is 30.1. The second-order valence-electron chi connectivity index (χ2n) is 7.98. The molecule has 0 unspecified atom stereocenters. The Kier molecular flexibility index (Phi) is 9.77. The van der Waals surface area contributed by atoms with E-state index in [-0.39, 0.29) is 50.0 Å². The molecule has 0 fully saturated rings. The molecule has 0 radical (unpaired) electrons. The number of benzene rings is 2. The van der Waals surface area contributed by atoms with Crippen LogP contribution in [0, 0.1) is 17.2 Å². The fraction of sp³-hybridized carbons (Fsp3) is 0.280. The summed E-state index contributed by atoms with van der Waals surface area (Å²) in [4.78, 5) is 38.1. The lowest BCUT2D eigenvalue weighted by Gasteiger charge is -2.31. The molecule has 0 saturated carbocycles. The Morgan fingerprint density at radius 1 is 1.21 bits per heavy atom. The molecule has 2 atom stereocenters. The molecule has 14 heteroatoms. The quantitative estimate of drug-likeness (QED) is 0.302. The van der Waals surface area contributed by atoms with Crippen LogP contribution in [0.2, 0.25) is 10.0 Å². The summed E-state index contributed by atoms with van der Waals surface area (Å²) in [6.45, 7) is 1.99. The molecule has 0 aromatic heterocycles. The minimum absolute atomic E-state index is 0.0204. The molecular formula is C25H20Cl2F3N3O5S. The summed E-state index contributed by atoms with van der Waals surface area (Å²) in [5.41, 5.74) is -0.842. The molecule has 39 heavy (non-hydrogen) atoms. The normalized spacial score (nSPS) is 17.2. The number of nitrogens with one attached hydrogen (secondary N) is 2. The van der Waals surface area contributed by atoms with E-state index < -0.39 is 41.4 Å². The number of ether oxygens (including phenoxy) is 2. The monoisotopic (exact) mass is 601 g/mol. The highest BCUT2D eigenvalue weighted by Crippen LogP contribution is 2.44. The Morgan fingerprint density at radius 3 is 2.44 bits per heavy atom. The van der Waals surface area contributed by atoms with Crippen molar-refractivity contribution in [2.75, 3.05) is 24.8 Å². The Labute approximate surface area is 235 Å². The molecule has 3 rings (SSSR count). The van der Waals surface area contributed by atoms with Crippen LogP contribution in [0.1, 0.15) is 24.0 Å². The second kappa shape index (κ2) is 12.6. The lowest BCUT2D eigenvalue weighted by atomic mass is 9.78. The van der Waals surface area contributed by atoms with Gasteiger partial charge in [0.25, 0.3) is 0 Å². The van der Waals surface area contributed by atoms with Gasteiger partial charge in [0.15, 0.2) is 5.75 Å². The molecule has 2 aromatic rings. The summed E-state index contributed by atoms with van der Waals surface area (Å²) < 4.78 is 49.1. The molecule has 206 valence electrons. The summed E-state index contributed by atoms with van der Waals surface area (Å²) in [5, 5.41) is 15.0. The fourth-order valence-corrected chi connectivity index (χ4v) is 5.29. The number of amides is 2. The maximum atomic E-state index is 13.0. The van der Waals surface area contributed by atoms with Crippen LogP contribution in [0.25, 0.3) is 0 Å². The third-order valence-corrected chi connectivity index (χ3v) is 7.05. The van der Waals surface area contributed by atoms with Gasteiger partial charge in [0.2, 0.25) is 11.8 Å². The van der Waals surface area contributed by atoms with E-state index in [1.165, 1.54) is 18.2 Å². The van der Waals surface area contributed by atoms with Gasteiger partial charge < -0.3 is 20.1 Å². The number of hydrogen-bond acceptors (Lipinski definition) is 7. The molecule has 0 saturated heterocycles. The first-order valence-corrected chi connectivity index (χ1v) is 12.9. The number of hydrogen-bond donors (Lipinski definition) is 2. The van der Waals surface area contributed by atoms with Crippen molar-refractivity contribution in [2.45, 2.75) is 19.0 Å². The van der Waals surface area contributed by atoms with Crippen LogP contribution in [0.4, 0.5) is 18.9 Å². The Bertz CT molecular complexity index is 1350. The number of nitrogens with zero attached hydrogens (tertiary/aromatic N) is 1. The molecule has 0 bridgehead atoms. The number of allylic oxidation sites excluding steroid dienone is 1. The molecule has 0 aliphatic carbocycles. The average Bonchev–Trinajstić information content (AvgIpc) is 2.88. The van der Waals surface area contributed by atoms with Crippen molar-refractivity contribution >= 4 is 58.4 Å². The van der Waals surface area contributed by atoms with Crippen molar-refractivity contribution in [1.82, 2.24) is 5.32 Å². The minimum atomic E-state index is -4.59. The largest absolute Gasteiger partial charge is 0.491 e. The van der Waals surface area contributed by atoms with Crippen LogP contribution < -0.4 is 15.4 Å². The topological polar surface area (TPSA) is 118 Å². The number of esters is 1. The number of alkyl halides is 3. The van der Waals surface area contributed by atoms with Crippen molar-refractivity contribution in [3.8, 4) is 11.8 Å². The van der Waals surface area contributed by atoms with E-state index in [2.05, 4.69) is 10.6 Å². The average molecular weight is 602 g/mol. The van der Waals surface area contributed by atoms with Gasteiger partial charge in [-0.05, 0) is 42.8 Å². The summed E-state index contributed by atoms with van der Waals surface area (Å²) >= 11 is 13.4. The van der Waals surface area contributed by atoms with E-state index in [1.807, 2.05) is 6.07 Å². The number of nitriles is 1. The predicted octanol–water partition coefficient (Wildman–Crippen LogP) is 5.52. The zero-order chi connectivity index (χ0) is 28.9. The van der Waals surface area contributed by atoms with E-state index in [0.29, 0.717) is 0 Å². The first-order chi connectivity index (χ1) is 18.4. The SMILES string of the molecule is CCOc1c(Cl)cc([C@H]2C(C#N)=C(SCC(=O)Nc3cccc(C(F)(F)F)c3)NC(=O)[C@H]2C(=O)OC)cc1Cl. The molecule has 1 heterocycles. The third-order valence-electron chi connectivity index (χ3n) is 5.47. The smallest absolute Gasteiger partial charge is 0.416 e. The number of anilines is 1. The van der Waals surface area contributed by atoms with Crippen molar-refractivity contribution in [3.63, 3.8) is 0 Å². The van der Waals surface area contributed by atoms with Crippen LogP contribution in [-0.4, -0.2) is 37.3 Å². The van der Waals surface area contributed by atoms with Crippen molar-refractivity contribution in [2.24, 2.45) is 5.92 Å². The van der Waals surface area contributed by atoms with Crippen LogP contribution in [0.3, 0.4) is 0 Å². The number of halogens is 5. The second-order valence-corrected chi connectivity index (χ2v) is 9.78. The van der Waals surface area contributed by atoms with E-state index in [4.69, 9.17) is 32.7 Å². The van der Waals surface area contributed by atoms with E-state index >= 15 is 0 Å². The number of carbonyl (C=O) groups is 3. The lowest BCUT2D eigenvalue weighted by molar-refractivity contribution is -0.150. The zero-order valence-electron chi connectivity index (χ0n) is 20.3. The molecule has 2 N–H and O–H groups in total. The molecule has 8 nitrogen and oxygen atoms in total. The minimum Gasteiger partial charge on any atom is -0.491 e. The fourth-order valence-electron chi connectivity index (χ4n) is 3.83. The van der Waals surface area contributed by atoms with Gasteiger partial charge in [-0.25, -0.2) is 0 Å². The van der Waals surface area contributed by atoms with Gasteiger partial charge in [0.1, 0.15) is 5.92 Å². The third kappa shape index (κ3) is 6.98. The van der Waals surface area contributed by atoms with E-state index in [0.717, 1.165) is 37.1 Å². The van der Waals surface area contributed by atoms with Gasteiger partial charge in [-0.2, -0.15) is 18.4 Å². The number of rotatable bonds is 8. The van der Waals surface area contributed by atoms with Gasteiger partial charge >= 0.3 is 12.1 Å². The molecule has 2 amide bonds. The van der Waals surface area contributed by atoms with E-state index in [9.17, 15) is 32.8 Å². The van der Waals surface area contributed by atoms with Gasteiger partial charge in [0.05, 0.1) is 51.7 Å². The van der Waals surface area contributed by atoms with E-state index in [1.54, 1.807) is 6.92 Å². The maximum Gasteiger partial charge on any atom is 0.416 e. The molecule has 0 spiro atoms. The first-order valence-electron chi connectivity index (χ1n) is 11.2. The highest BCUT2D eigenvalue weighted by molar-refractivity contribution is 8.03. The summed E-state index contributed by atoms with van der Waals surface area (Å²) in [7, 11) is 1.09. The van der Waals surface area contributed by atoms with Gasteiger partial charge in [-0.1, -0.05) is 41.0 Å². The predicted molar refractivity (Wildman–Crippen MR) is 139 cm³/mol. The van der Waals surface area contributed by atoms with Crippen LogP contribution in [-0.2, 0) is 25.3 Å². The number of carbonyl (C=O) groups excluding carboxylic acids is 3. The summed E-state index contributed by atoms with van der Waals surface area (Å²) in [6.07, 6.45) is -4.59. The Hall–Kier alpha value is -3.40. The summed E-state index contributed by atoms with van der Waals surface area (Å²) in [5.74, 6) is -5.25. The van der Waals surface area contributed by atoms with Crippen LogP contribution in [0.5, 0.6) is 5.75 Å². The Balaban J connectivity index is 1.94.